The molecule has 0 bridgehead atoms. The lowest BCUT2D eigenvalue weighted by atomic mass is 9.84. The highest BCUT2D eigenvalue weighted by Gasteiger charge is 2.15. The van der Waals surface area contributed by atoms with Crippen LogP contribution in [-0.2, 0) is 0 Å². The Morgan fingerprint density at radius 2 is 1.75 bits per heavy atom. The molecule has 3 nitrogen and oxygen atoms in total. The number of carbonyl (C=O) groups is 1. The molecule has 1 aliphatic rings. The molecule has 1 aromatic carbocycles. The molecule has 2 rings (SSSR count). The molecule has 0 atom stereocenters. The van der Waals surface area contributed by atoms with E-state index < -0.39 is 6.09 Å². The predicted molar refractivity (Wildman–Crippen MR) is 63.9 cm³/mol. The maximum absolute atomic E-state index is 10.4. The van der Waals surface area contributed by atoms with Gasteiger partial charge in [-0.25, -0.2) is 4.79 Å². The van der Waals surface area contributed by atoms with E-state index in [1.165, 1.54) is 37.7 Å². The molecule has 1 amide bonds. The van der Waals surface area contributed by atoms with Gasteiger partial charge in [-0.1, -0.05) is 31.4 Å². The Hall–Kier alpha value is -1.51. The lowest BCUT2D eigenvalue weighted by molar-refractivity contribution is 0.210. The fourth-order valence-corrected chi connectivity index (χ4v) is 2.40. The van der Waals surface area contributed by atoms with E-state index in [1.807, 2.05) is 24.3 Å². The van der Waals surface area contributed by atoms with Crippen LogP contribution in [0.4, 0.5) is 10.5 Å². The van der Waals surface area contributed by atoms with Gasteiger partial charge in [-0.05, 0) is 36.5 Å². The number of rotatable bonds is 2. The van der Waals surface area contributed by atoms with Crippen LogP contribution in [0.2, 0.25) is 0 Å². The van der Waals surface area contributed by atoms with Crippen molar-refractivity contribution in [2.24, 2.45) is 0 Å². The summed E-state index contributed by atoms with van der Waals surface area (Å²) in [5.74, 6) is 0.674. The average molecular weight is 219 g/mol. The summed E-state index contributed by atoms with van der Waals surface area (Å²) < 4.78 is 0. The molecule has 0 heterocycles. The van der Waals surface area contributed by atoms with Crippen LogP contribution in [0.1, 0.15) is 43.6 Å². The van der Waals surface area contributed by atoms with Crippen LogP contribution in [0.25, 0.3) is 0 Å². The molecule has 0 aromatic heterocycles. The second-order valence-electron chi connectivity index (χ2n) is 4.39. The lowest BCUT2D eigenvalue weighted by Crippen LogP contribution is -2.08. The van der Waals surface area contributed by atoms with Gasteiger partial charge in [-0.15, -0.1) is 0 Å². The van der Waals surface area contributed by atoms with E-state index in [1.54, 1.807) is 0 Å². The summed E-state index contributed by atoms with van der Waals surface area (Å²) in [6.45, 7) is 0. The summed E-state index contributed by atoms with van der Waals surface area (Å²) in [5.41, 5.74) is 1.99. The number of amides is 1. The zero-order chi connectivity index (χ0) is 11.4. The SMILES string of the molecule is O=C(O)Nc1ccc(C2CCCCC2)cc1. The second-order valence-corrected chi connectivity index (χ2v) is 4.39. The predicted octanol–water partition coefficient (Wildman–Crippen LogP) is 3.82. The number of carboxylic acid groups (broad SMARTS) is 1. The zero-order valence-electron chi connectivity index (χ0n) is 9.28. The van der Waals surface area contributed by atoms with Crippen LogP contribution in [0, 0.1) is 0 Å². The van der Waals surface area contributed by atoms with E-state index in [0.717, 1.165) is 0 Å². The van der Waals surface area contributed by atoms with Crippen molar-refractivity contribution in [1.29, 1.82) is 0 Å². The molecular formula is C13H17NO2. The molecule has 1 aromatic rings. The van der Waals surface area contributed by atoms with Crippen molar-refractivity contribution in [3.63, 3.8) is 0 Å². The normalized spacial score (nSPS) is 17.0. The van der Waals surface area contributed by atoms with Crippen LogP contribution in [0.3, 0.4) is 0 Å². The first kappa shape index (κ1) is 11.0. The van der Waals surface area contributed by atoms with E-state index in [9.17, 15) is 4.79 Å². The van der Waals surface area contributed by atoms with Crippen molar-refractivity contribution < 1.29 is 9.90 Å². The van der Waals surface area contributed by atoms with Crippen LogP contribution in [0.5, 0.6) is 0 Å². The molecular weight excluding hydrogens is 202 g/mol. The third-order valence-corrected chi connectivity index (χ3v) is 3.24. The summed E-state index contributed by atoms with van der Waals surface area (Å²) in [5, 5.41) is 10.9. The van der Waals surface area contributed by atoms with E-state index in [0.29, 0.717) is 11.6 Å². The summed E-state index contributed by atoms with van der Waals surface area (Å²) >= 11 is 0. The average Bonchev–Trinajstić information content (AvgIpc) is 2.30. The molecule has 1 fully saturated rings. The van der Waals surface area contributed by atoms with Gasteiger partial charge in [0.15, 0.2) is 0 Å². The topological polar surface area (TPSA) is 49.3 Å². The van der Waals surface area contributed by atoms with Gasteiger partial charge >= 0.3 is 6.09 Å². The van der Waals surface area contributed by atoms with Crippen molar-refractivity contribution in [3.05, 3.63) is 29.8 Å². The molecule has 3 heteroatoms. The van der Waals surface area contributed by atoms with E-state index in [-0.39, 0.29) is 0 Å². The van der Waals surface area contributed by atoms with Gasteiger partial charge in [0, 0.05) is 5.69 Å². The summed E-state index contributed by atoms with van der Waals surface area (Å²) in [7, 11) is 0. The Morgan fingerprint density at radius 3 is 2.31 bits per heavy atom. The van der Waals surface area contributed by atoms with Crippen LogP contribution in [-0.4, -0.2) is 11.2 Å². The molecule has 16 heavy (non-hydrogen) atoms. The first-order valence-electron chi connectivity index (χ1n) is 5.85. The second kappa shape index (κ2) is 5.01. The minimum absolute atomic E-state index is 0.645. The van der Waals surface area contributed by atoms with E-state index in [2.05, 4.69) is 5.32 Å². The van der Waals surface area contributed by atoms with Crippen molar-refractivity contribution in [3.8, 4) is 0 Å². The van der Waals surface area contributed by atoms with E-state index in [4.69, 9.17) is 5.11 Å². The van der Waals surface area contributed by atoms with Crippen molar-refractivity contribution >= 4 is 11.8 Å². The fraction of sp³-hybridized carbons (Fsp3) is 0.462. The Labute approximate surface area is 95.5 Å². The largest absolute Gasteiger partial charge is 0.465 e. The van der Waals surface area contributed by atoms with Crippen LogP contribution in [0.15, 0.2) is 24.3 Å². The maximum Gasteiger partial charge on any atom is 0.409 e. The quantitative estimate of drug-likeness (QED) is 0.794. The smallest absolute Gasteiger partial charge is 0.409 e. The standard InChI is InChI=1S/C13H17NO2/c15-13(16)14-12-8-6-11(7-9-12)10-4-2-1-3-5-10/h6-10,14H,1-5H2,(H,15,16). The Balaban J connectivity index is 2.03. The molecule has 0 spiro atoms. The Morgan fingerprint density at radius 1 is 1.12 bits per heavy atom. The van der Waals surface area contributed by atoms with Gasteiger partial charge in [0.2, 0.25) is 0 Å². The summed E-state index contributed by atoms with van der Waals surface area (Å²) in [4.78, 5) is 10.4. The van der Waals surface area contributed by atoms with Gasteiger partial charge in [0.05, 0.1) is 0 Å². The molecule has 0 saturated heterocycles. The highest BCUT2D eigenvalue weighted by atomic mass is 16.4. The highest BCUT2D eigenvalue weighted by molar-refractivity contribution is 5.82. The van der Waals surface area contributed by atoms with Gasteiger partial charge in [0.1, 0.15) is 0 Å². The van der Waals surface area contributed by atoms with Crippen LogP contribution >= 0.6 is 0 Å². The van der Waals surface area contributed by atoms with Gasteiger partial charge < -0.3 is 5.11 Å². The molecule has 1 aliphatic carbocycles. The molecule has 86 valence electrons. The fourth-order valence-electron chi connectivity index (χ4n) is 2.40. The molecule has 0 radical (unpaired) electrons. The summed E-state index contributed by atoms with van der Waals surface area (Å²) in [6, 6.07) is 7.78. The number of anilines is 1. The van der Waals surface area contributed by atoms with Crippen molar-refractivity contribution in [2.75, 3.05) is 5.32 Å². The number of benzene rings is 1. The first-order valence-corrected chi connectivity index (χ1v) is 5.85. The minimum Gasteiger partial charge on any atom is -0.465 e. The maximum atomic E-state index is 10.4. The van der Waals surface area contributed by atoms with Gasteiger partial charge in [-0.3, -0.25) is 5.32 Å². The van der Waals surface area contributed by atoms with Gasteiger partial charge in [0.25, 0.3) is 0 Å². The minimum atomic E-state index is -1.01. The molecule has 0 aliphatic heterocycles. The monoisotopic (exact) mass is 219 g/mol. The third-order valence-electron chi connectivity index (χ3n) is 3.24. The Bertz CT molecular complexity index is 353. The number of hydrogen-bond acceptors (Lipinski definition) is 1. The molecule has 0 unspecified atom stereocenters. The zero-order valence-corrected chi connectivity index (χ0v) is 9.28. The van der Waals surface area contributed by atoms with E-state index >= 15 is 0 Å². The molecule has 1 saturated carbocycles. The third kappa shape index (κ3) is 2.75. The van der Waals surface area contributed by atoms with Crippen LogP contribution < -0.4 is 5.32 Å². The Kier molecular flexibility index (Phi) is 3.44. The highest BCUT2D eigenvalue weighted by Crippen LogP contribution is 2.32. The van der Waals surface area contributed by atoms with Crippen molar-refractivity contribution in [2.45, 2.75) is 38.0 Å². The number of hydrogen-bond donors (Lipinski definition) is 2. The summed E-state index contributed by atoms with van der Waals surface area (Å²) in [6.07, 6.45) is 5.53. The van der Waals surface area contributed by atoms with Crippen molar-refractivity contribution in [1.82, 2.24) is 0 Å². The first-order chi connectivity index (χ1) is 7.75. The van der Waals surface area contributed by atoms with Gasteiger partial charge in [-0.2, -0.15) is 0 Å². The molecule has 2 N–H and O–H groups in total. The number of nitrogens with one attached hydrogen (secondary N) is 1. The lowest BCUT2D eigenvalue weighted by Gasteiger charge is -2.22.